The molecule has 0 aromatic rings. The van der Waals surface area contributed by atoms with E-state index in [1.165, 1.54) is 20.3 Å². The summed E-state index contributed by atoms with van der Waals surface area (Å²) in [6.45, 7) is 2.79. The zero-order valence-corrected chi connectivity index (χ0v) is 10.8. The van der Waals surface area contributed by atoms with Crippen LogP contribution in [-0.4, -0.2) is 24.8 Å². The molecule has 0 unspecified atom stereocenters. The van der Waals surface area contributed by atoms with Crippen LogP contribution in [0, 0.1) is 5.92 Å². The van der Waals surface area contributed by atoms with E-state index in [-0.39, 0.29) is 11.7 Å². The summed E-state index contributed by atoms with van der Waals surface area (Å²) in [5.41, 5.74) is 5.14. The Morgan fingerprint density at radius 3 is 2.19 bits per heavy atom. The van der Waals surface area contributed by atoms with E-state index in [1.807, 2.05) is 0 Å². The van der Waals surface area contributed by atoms with Crippen molar-refractivity contribution in [3.05, 3.63) is 0 Å². The second kappa shape index (κ2) is 4.73. The minimum Gasteiger partial charge on any atom is -0.368 e. The second-order valence-corrected chi connectivity index (χ2v) is 7.74. The molecule has 0 saturated heterocycles. The number of nitrogens with two attached hydrogens (primary N) is 1. The van der Waals surface area contributed by atoms with Crippen LogP contribution in [0.3, 0.4) is 0 Å². The van der Waals surface area contributed by atoms with Gasteiger partial charge in [-0.2, -0.15) is 0 Å². The summed E-state index contributed by atoms with van der Waals surface area (Å²) >= 11 is 0. The third kappa shape index (κ3) is 2.75. The summed E-state index contributed by atoms with van der Waals surface area (Å²) in [4.78, 5) is 11.2. The van der Waals surface area contributed by atoms with Crippen molar-refractivity contribution in [3.8, 4) is 0 Å². The Labute approximate surface area is 97.5 Å². The van der Waals surface area contributed by atoms with Gasteiger partial charge in [-0.3, -0.25) is 4.79 Å². The first-order valence-corrected chi connectivity index (χ1v) is 7.45. The van der Waals surface area contributed by atoms with Crippen LogP contribution >= 0.6 is 0 Å². The first-order chi connectivity index (χ1) is 7.27. The van der Waals surface area contributed by atoms with Crippen LogP contribution in [0.2, 0.25) is 0 Å². The summed E-state index contributed by atoms with van der Waals surface area (Å²) < 4.78 is 22.7. The van der Waals surface area contributed by atoms with E-state index in [1.54, 1.807) is 0 Å². The molecule has 0 spiro atoms. The van der Waals surface area contributed by atoms with Gasteiger partial charge in [-0.05, 0) is 32.6 Å². The Bertz CT molecular complexity index is 353. The Hall–Kier alpha value is -0.580. The molecule has 1 aliphatic carbocycles. The molecule has 1 fully saturated rings. The van der Waals surface area contributed by atoms with Crippen LogP contribution in [-0.2, 0) is 14.6 Å². The third-order valence-corrected chi connectivity index (χ3v) is 6.22. The molecule has 1 saturated carbocycles. The minimum absolute atomic E-state index is 0.100. The molecule has 0 aromatic carbocycles. The van der Waals surface area contributed by atoms with E-state index in [2.05, 4.69) is 0 Å². The zero-order chi connectivity index (χ0) is 12.4. The van der Waals surface area contributed by atoms with Crippen molar-refractivity contribution >= 4 is 15.7 Å². The van der Waals surface area contributed by atoms with E-state index in [0.29, 0.717) is 0 Å². The summed E-state index contributed by atoms with van der Waals surface area (Å²) in [6.07, 6.45) is 5.28. The Morgan fingerprint density at radius 2 is 1.75 bits per heavy atom. The monoisotopic (exact) mass is 247 g/mol. The largest absolute Gasteiger partial charge is 0.368 e. The number of amides is 1. The fourth-order valence-corrected chi connectivity index (χ4v) is 3.70. The summed E-state index contributed by atoms with van der Waals surface area (Å²) in [5, 5.41) is 0. The highest BCUT2D eigenvalue weighted by Crippen LogP contribution is 2.28. The van der Waals surface area contributed by atoms with E-state index in [0.717, 1.165) is 25.7 Å². The van der Waals surface area contributed by atoms with Gasteiger partial charge in [-0.15, -0.1) is 0 Å². The normalized spacial score (nSPS) is 19.6. The molecule has 5 heteroatoms. The zero-order valence-electron chi connectivity index (χ0n) is 10.0. The molecule has 0 atom stereocenters. The molecule has 0 bridgehead atoms. The van der Waals surface area contributed by atoms with Gasteiger partial charge < -0.3 is 5.73 Å². The quantitative estimate of drug-likeness (QED) is 0.812. The average molecular weight is 247 g/mol. The van der Waals surface area contributed by atoms with Gasteiger partial charge >= 0.3 is 0 Å². The van der Waals surface area contributed by atoms with E-state index in [9.17, 15) is 13.2 Å². The molecular formula is C11H21NO3S. The summed E-state index contributed by atoms with van der Waals surface area (Å²) in [7, 11) is -3.43. The van der Waals surface area contributed by atoms with Gasteiger partial charge in [0.1, 0.15) is 4.75 Å². The maximum absolute atomic E-state index is 12.1. The SMILES string of the molecule is CC(C)(C(N)=O)S(=O)(=O)CC1CCCCC1. The van der Waals surface area contributed by atoms with Crippen molar-refractivity contribution in [2.45, 2.75) is 50.7 Å². The molecular weight excluding hydrogens is 226 g/mol. The van der Waals surface area contributed by atoms with Crippen LogP contribution in [0.25, 0.3) is 0 Å². The van der Waals surface area contributed by atoms with Crippen LogP contribution in [0.5, 0.6) is 0 Å². The lowest BCUT2D eigenvalue weighted by atomic mass is 9.91. The van der Waals surface area contributed by atoms with Gasteiger partial charge in [0.05, 0.1) is 5.75 Å². The summed E-state index contributed by atoms with van der Waals surface area (Å²) in [6, 6.07) is 0. The first kappa shape index (κ1) is 13.5. The minimum atomic E-state index is -3.43. The molecule has 1 aliphatic rings. The molecule has 16 heavy (non-hydrogen) atoms. The van der Waals surface area contributed by atoms with E-state index >= 15 is 0 Å². The van der Waals surface area contributed by atoms with Gasteiger partial charge in [-0.25, -0.2) is 8.42 Å². The molecule has 0 heterocycles. The molecule has 94 valence electrons. The molecule has 1 rings (SSSR count). The van der Waals surface area contributed by atoms with Gasteiger partial charge in [0, 0.05) is 0 Å². The van der Waals surface area contributed by atoms with Crippen molar-refractivity contribution < 1.29 is 13.2 Å². The molecule has 1 amide bonds. The summed E-state index contributed by atoms with van der Waals surface area (Å²) in [5.74, 6) is -0.455. The second-order valence-electron chi connectivity index (χ2n) is 5.16. The molecule has 0 aromatic heterocycles. The predicted octanol–water partition coefficient (Wildman–Crippen LogP) is 1.25. The lowest BCUT2D eigenvalue weighted by molar-refractivity contribution is -0.119. The van der Waals surface area contributed by atoms with Crippen LogP contribution < -0.4 is 5.73 Å². The standard InChI is InChI=1S/C11H21NO3S/c1-11(2,10(12)13)16(14,15)8-9-6-4-3-5-7-9/h9H,3-8H2,1-2H3,(H2,12,13). The Morgan fingerprint density at radius 1 is 1.25 bits per heavy atom. The number of hydrogen-bond acceptors (Lipinski definition) is 3. The Kier molecular flexibility index (Phi) is 3.99. The molecule has 0 radical (unpaired) electrons. The highest BCUT2D eigenvalue weighted by atomic mass is 32.2. The van der Waals surface area contributed by atoms with E-state index < -0.39 is 20.5 Å². The number of carbonyl (C=O) groups excluding carboxylic acids is 1. The van der Waals surface area contributed by atoms with Gasteiger partial charge in [0.25, 0.3) is 0 Å². The lowest BCUT2D eigenvalue weighted by Gasteiger charge is -2.26. The van der Waals surface area contributed by atoms with Crippen LogP contribution in [0.15, 0.2) is 0 Å². The van der Waals surface area contributed by atoms with E-state index in [4.69, 9.17) is 5.73 Å². The smallest absolute Gasteiger partial charge is 0.238 e. The maximum atomic E-state index is 12.1. The number of hydrogen-bond donors (Lipinski definition) is 1. The molecule has 2 N–H and O–H groups in total. The number of carbonyl (C=O) groups is 1. The van der Waals surface area contributed by atoms with Gasteiger partial charge in [0.15, 0.2) is 9.84 Å². The van der Waals surface area contributed by atoms with Crippen LogP contribution in [0.1, 0.15) is 46.0 Å². The van der Waals surface area contributed by atoms with Crippen molar-refractivity contribution in [2.24, 2.45) is 11.7 Å². The first-order valence-electron chi connectivity index (χ1n) is 5.79. The van der Waals surface area contributed by atoms with Gasteiger partial charge in [0.2, 0.25) is 5.91 Å². The number of rotatable bonds is 4. The predicted molar refractivity (Wildman–Crippen MR) is 63.6 cm³/mol. The highest BCUT2D eigenvalue weighted by molar-refractivity contribution is 7.93. The number of primary amides is 1. The van der Waals surface area contributed by atoms with Crippen molar-refractivity contribution in [1.29, 1.82) is 0 Å². The third-order valence-electron chi connectivity index (χ3n) is 3.55. The van der Waals surface area contributed by atoms with Crippen molar-refractivity contribution in [3.63, 3.8) is 0 Å². The maximum Gasteiger partial charge on any atom is 0.238 e. The Balaban J connectivity index is 2.74. The van der Waals surface area contributed by atoms with Crippen molar-refractivity contribution in [2.75, 3.05) is 5.75 Å². The molecule has 4 nitrogen and oxygen atoms in total. The topological polar surface area (TPSA) is 77.2 Å². The lowest BCUT2D eigenvalue weighted by Crippen LogP contribution is -2.47. The molecule has 0 aliphatic heterocycles. The fraction of sp³-hybridized carbons (Fsp3) is 0.909. The van der Waals surface area contributed by atoms with Gasteiger partial charge in [-0.1, -0.05) is 19.3 Å². The number of sulfone groups is 1. The average Bonchev–Trinajstić information content (AvgIpc) is 2.18. The fourth-order valence-electron chi connectivity index (χ4n) is 2.03. The van der Waals surface area contributed by atoms with Crippen LogP contribution in [0.4, 0.5) is 0 Å². The highest BCUT2D eigenvalue weighted by Gasteiger charge is 2.41. The van der Waals surface area contributed by atoms with Crippen molar-refractivity contribution in [1.82, 2.24) is 0 Å².